The third-order valence-electron chi connectivity index (χ3n) is 5.60. The van der Waals surface area contributed by atoms with Crippen LogP contribution in [0.2, 0.25) is 0 Å². The molecule has 0 spiro atoms. The molecule has 10 nitrogen and oxygen atoms in total. The van der Waals surface area contributed by atoms with E-state index in [0.29, 0.717) is 40.4 Å². The highest BCUT2D eigenvalue weighted by Crippen LogP contribution is 2.26. The van der Waals surface area contributed by atoms with Crippen LogP contribution in [-0.2, 0) is 23.5 Å². The van der Waals surface area contributed by atoms with Crippen LogP contribution in [0.4, 0.5) is 0 Å². The van der Waals surface area contributed by atoms with Crippen LogP contribution in [-0.4, -0.2) is 51.7 Å². The molecule has 4 aromatic heterocycles. The van der Waals surface area contributed by atoms with E-state index >= 15 is 0 Å². The van der Waals surface area contributed by atoms with E-state index in [1.807, 2.05) is 28.5 Å². The second-order valence-corrected chi connectivity index (χ2v) is 9.97. The molecule has 5 rings (SSSR count). The fraction of sp³-hybridized carbons (Fsp3) is 0.409. The molecule has 0 aromatic carbocycles. The first-order valence-corrected chi connectivity index (χ1v) is 13.1. The van der Waals surface area contributed by atoms with Gasteiger partial charge >= 0.3 is 0 Å². The second kappa shape index (κ2) is 10.0. The highest BCUT2D eigenvalue weighted by Gasteiger charge is 2.22. The molecular formula is C22H24N8O2S2. The average Bonchev–Trinajstić information content (AvgIpc) is 3.40. The van der Waals surface area contributed by atoms with Crippen molar-refractivity contribution in [2.75, 3.05) is 6.54 Å². The molecule has 0 radical (unpaired) electrons. The SMILES string of the molecule is CCc1nn2c(=O)cc(CSc3nnc(CN4CCCCCC4=O)n3-c3cccnc3)nc2s1. The van der Waals surface area contributed by atoms with Crippen LogP contribution in [0.1, 0.15) is 49.1 Å². The van der Waals surface area contributed by atoms with E-state index in [1.54, 1.807) is 12.4 Å². The van der Waals surface area contributed by atoms with Gasteiger partial charge in [-0.25, -0.2) is 4.98 Å². The Hall–Kier alpha value is -3.12. The van der Waals surface area contributed by atoms with E-state index in [4.69, 9.17) is 0 Å². The van der Waals surface area contributed by atoms with Crippen molar-refractivity contribution in [3.8, 4) is 5.69 Å². The van der Waals surface area contributed by atoms with Crippen molar-refractivity contribution in [2.45, 2.75) is 56.5 Å². The summed E-state index contributed by atoms with van der Waals surface area (Å²) in [7, 11) is 0. The van der Waals surface area contributed by atoms with E-state index in [-0.39, 0.29) is 11.5 Å². The van der Waals surface area contributed by atoms with E-state index in [9.17, 15) is 9.59 Å². The van der Waals surface area contributed by atoms with E-state index in [1.165, 1.54) is 33.7 Å². The molecule has 34 heavy (non-hydrogen) atoms. The quantitative estimate of drug-likeness (QED) is 0.359. The van der Waals surface area contributed by atoms with Gasteiger partial charge in [0, 0.05) is 31.0 Å². The molecule has 0 saturated carbocycles. The number of thioether (sulfide) groups is 1. The minimum atomic E-state index is -0.189. The number of aryl methyl sites for hydroxylation is 1. The molecule has 0 atom stereocenters. The molecule has 4 aromatic rings. The molecular weight excluding hydrogens is 472 g/mol. The standard InChI is InChI=1S/C22H24N8O2S2/c1-2-18-27-30-20(32)11-15(24-21(30)34-18)14-33-22-26-25-17(29(22)16-7-6-9-23-12-16)13-28-10-5-3-4-8-19(28)31/h6-7,9,11-12H,2-5,8,10,13-14H2,1H3. The molecule has 1 fully saturated rings. The van der Waals surface area contributed by atoms with E-state index < -0.39 is 0 Å². The van der Waals surface area contributed by atoms with Crippen molar-refractivity contribution in [2.24, 2.45) is 0 Å². The third-order valence-corrected chi connectivity index (χ3v) is 7.61. The lowest BCUT2D eigenvalue weighted by atomic mass is 10.2. The summed E-state index contributed by atoms with van der Waals surface area (Å²) in [6, 6.07) is 5.31. The summed E-state index contributed by atoms with van der Waals surface area (Å²) in [4.78, 5) is 36.4. The zero-order valence-electron chi connectivity index (χ0n) is 18.8. The van der Waals surface area contributed by atoms with Gasteiger partial charge in [0.25, 0.3) is 5.56 Å². The Balaban J connectivity index is 1.43. The predicted molar refractivity (Wildman–Crippen MR) is 129 cm³/mol. The van der Waals surface area contributed by atoms with Gasteiger partial charge in [-0.3, -0.25) is 19.1 Å². The van der Waals surface area contributed by atoms with Gasteiger partial charge in [0.2, 0.25) is 10.9 Å². The Morgan fingerprint density at radius 3 is 2.91 bits per heavy atom. The number of amides is 1. The van der Waals surface area contributed by atoms with Crippen LogP contribution in [0, 0.1) is 0 Å². The van der Waals surface area contributed by atoms with Crippen LogP contribution >= 0.6 is 23.1 Å². The number of fused-ring (bicyclic) bond motifs is 1. The lowest BCUT2D eigenvalue weighted by Gasteiger charge is -2.20. The average molecular weight is 497 g/mol. The molecule has 5 heterocycles. The summed E-state index contributed by atoms with van der Waals surface area (Å²) in [6.07, 6.45) is 7.79. The van der Waals surface area contributed by atoms with Crippen LogP contribution in [0.15, 0.2) is 40.5 Å². The monoisotopic (exact) mass is 496 g/mol. The fourth-order valence-corrected chi connectivity index (χ4v) is 5.59. The van der Waals surface area contributed by atoms with Gasteiger partial charge in [0.1, 0.15) is 5.01 Å². The van der Waals surface area contributed by atoms with Crippen molar-refractivity contribution in [3.63, 3.8) is 0 Å². The molecule has 0 bridgehead atoms. The van der Waals surface area contributed by atoms with Crippen molar-refractivity contribution in [1.82, 2.24) is 39.2 Å². The first-order chi connectivity index (χ1) is 16.6. The molecule has 1 saturated heterocycles. The van der Waals surface area contributed by atoms with E-state index in [0.717, 1.165) is 42.9 Å². The van der Waals surface area contributed by atoms with Crippen molar-refractivity contribution in [3.05, 3.63) is 57.5 Å². The van der Waals surface area contributed by atoms with Crippen LogP contribution in [0.5, 0.6) is 0 Å². The normalized spacial score (nSPS) is 14.6. The summed E-state index contributed by atoms with van der Waals surface area (Å²) in [5, 5.41) is 14.7. The van der Waals surface area contributed by atoms with Crippen LogP contribution < -0.4 is 5.56 Å². The second-order valence-electron chi connectivity index (χ2n) is 7.99. The maximum atomic E-state index is 12.6. The predicted octanol–water partition coefficient (Wildman–Crippen LogP) is 2.88. The third kappa shape index (κ3) is 4.73. The molecule has 176 valence electrons. The summed E-state index contributed by atoms with van der Waals surface area (Å²) in [5.74, 6) is 1.29. The Labute approximate surface area is 204 Å². The topological polar surface area (TPSA) is 111 Å². The largest absolute Gasteiger partial charge is 0.335 e. The van der Waals surface area contributed by atoms with Gasteiger partial charge in [-0.2, -0.15) is 9.61 Å². The smallest absolute Gasteiger partial charge is 0.275 e. The van der Waals surface area contributed by atoms with Crippen molar-refractivity contribution < 1.29 is 4.79 Å². The summed E-state index contributed by atoms with van der Waals surface area (Å²) < 4.78 is 3.29. The van der Waals surface area contributed by atoms with Crippen molar-refractivity contribution >= 4 is 34.0 Å². The van der Waals surface area contributed by atoms with Gasteiger partial charge in [0.05, 0.1) is 24.1 Å². The molecule has 1 aliphatic rings. The zero-order chi connectivity index (χ0) is 23.5. The number of rotatable bonds is 7. The Morgan fingerprint density at radius 2 is 2.09 bits per heavy atom. The van der Waals surface area contributed by atoms with Crippen LogP contribution in [0.3, 0.4) is 0 Å². The first kappa shape index (κ1) is 22.7. The molecule has 1 amide bonds. The molecule has 1 aliphatic heterocycles. The number of carbonyl (C=O) groups is 1. The van der Waals surface area contributed by atoms with Gasteiger partial charge in [-0.05, 0) is 31.4 Å². The minimum absolute atomic E-state index is 0.154. The Bertz CT molecular complexity index is 1360. The lowest BCUT2D eigenvalue weighted by Crippen LogP contribution is -2.31. The first-order valence-electron chi connectivity index (χ1n) is 11.3. The number of carbonyl (C=O) groups excluding carboxylic acids is 1. The maximum Gasteiger partial charge on any atom is 0.275 e. The summed E-state index contributed by atoms with van der Waals surface area (Å²) in [6.45, 7) is 3.12. The van der Waals surface area contributed by atoms with E-state index in [2.05, 4.69) is 25.3 Å². The maximum absolute atomic E-state index is 12.6. The highest BCUT2D eigenvalue weighted by molar-refractivity contribution is 7.98. The molecule has 0 N–H and O–H groups in total. The van der Waals surface area contributed by atoms with Crippen molar-refractivity contribution in [1.29, 1.82) is 0 Å². The number of pyridine rings is 1. The Kier molecular flexibility index (Phi) is 6.68. The van der Waals surface area contributed by atoms with Gasteiger partial charge in [-0.1, -0.05) is 36.4 Å². The zero-order valence-corrected chi connectivity index (χ0v) is 20.4. The van der Waals surface area contributed by atoms with Gasteiger partial charge < -0.3 is 4.90 Å². The summed E-state index contributed by atoms with van der Waals surface area (Å²) >= 11 is 2.87. The highest BCUT2D eigenvalue weighted by atomic mass is 32.2. The lowest BCUT2D eigenvalue weighted by molar-refractivity contribution is -0.131. The number of likely N-dealkylation sites (tertiary alicyclic amines) is 1. The number of aromatic nitrogens is 7. The molecule has 12 heteroatoms. The van der Waals surface area contributed by atoms with Crippen LogP contribution in [0.25, 0.3) is 10.6 Å². The van der Waals surface area contributed by atoms with Gasteiger partial charge in [-0.15, -0.1) is 10.2 Å². The number of nitrogens with zero attached hydrogens (tertiary/aromatic N) is 8. The number of hydrogen-bond acceptors (Lipinski definition) is 9. The summed E-state index contributed by atoms with van der Waals surface area (Å²) in [5.41, 5.74) is 1.29. The minimum Gasteiger partial charge on any atom is -0.335 e. The fourth-order valence-electron chi connectivity index (χ4n) is 3.87. The molecule has 0 unspecified atom stereocenters. The number of hydrogen-bond donors (Lipinski definition) is 0. The van der Waals surface area contributed by atoms with Gasteiger partial charge in [0.15, 0.2) is 11.0 Å². The Morgan fingerprint density at radius 1 is 1.18 bits per heavy atom. The molecule has 0 aliphatic carbocycles.